The summed E-state index contributed by atoms with van der Waals surface area (Å²) in [6.07, 6.45) is 0.232. The first kappa shape index (κ1) is 13.4. The maximum atomic E-state index is 13.0. The molecule has 1 aliphatic rings. The zero-order valence-electron chi connectivity index (χ0n) is 9.54. The SMILES string of the molecule is FC(F)(F)[C@@]1(CBr)C=CC(c2ccccc2)=CC1. The molecule has 0 N–H and O–H groups in total. The lowest BCUT2D eigenvalue weighted by molar-refractivity contribution is -0.196. The smallest absolute Gasteiger partial charge is 0.170 e. The second-order valence-electron chi connectivity index (χ2n) is 4.35. The van der Waals surface area contributed by atoms with Gasteiger partial charge in [-0.2, -0.15) is 13.2 Å². The lowest BCUT2D eigenvalue weighted by Gasteiger charge is -2.32. The van der Waals surface area contributed by atoms with E-state index >= 15 is 0 Å². The molecule has 0 saturated carbocycles. The van der Waals surface area contributed by atoms with Crippen LogP contribution < -0.4 is 0 Å². The molecule has 0 fully saturated rings. The van der Waals surface area contributed by atoms with Crippen LogP contribution in [0.5, 0.6) is 0 Å². The maximum absolute atomic E-state index is 13.0. The van der Waals surface area contributed by atoms with Gasteiger partial charge in [0.15, 0.2) is 0 Å². The predicted octanol–water partition coefficient (Wildman–Crippen LogP) is 4.97. The molecule has 0 radical (unpaired) electrons. The van der Waals surface area contributed by atoms with E-state index in [1.807, 2.05) is 30.3 Å². The number of allylic oxidation sites excluding steroid dienone is 4. The fraction of sp³-hybridized carbons (Fsp3) is 0.286. The van der Waals surface area contributed by atoms with Crippen LogP contribution >= 0.6 is 15.9 Å². The normalized spacial score (nSPS) is 23.9. The summed E-state index contributed by atoms with van der Waals surface area (Å²) >= 11 is 2.98. The van der Waals surface area contributed by atoms with Crippen LogP contribution in [0, 0.1) is 5.41 Å². The molecule has 1 aromatic rings. The standard InChI is InChI=1S/C14H12BrF3/c15-10-13(14(16,17)18)8-6-12(7-9-13)11-4-2-1-3-5-11/h1-8H,9-10H2/t13-/m0/s1. The van der Waals surface area contributed by atoms with Crippen molar-refractivity contribution in [3.05, 3.63) is 54.1 Å². The monoisotopic (exact) mass is 316 g/mol. The number of halogens is 4. The Hall–Kier alpha value is -1.03. The van der Waals surface area contributed by atoms with Gasteiger partial charge in [-0.25, -0.2) is 0 Å². The molecule has 0 unspecified atom stereocenters. The van der Waals surface area contributed by atoms with E-state index in [9.17, 15) is 13.2 Å². The van der Waals surface area contributed by atoms with Crippen LogP contribution in [0.4, 0.5) is 13.2 Å². The van der Waals surface area contributed by atoms with Gasteiger partial charge in [0, 0.05) is 5.33 Å². The van der Waals surface area contributed by atoms with E-state index in [-0.39, 0.29) is 11.8 Å². The lowest BCUT2D eigenvalue weighted by Crippen LogP contribution is -2.38. The van der Waals surface area contributed by atoms with Gasteiger partial charge in [-0.05, 0) is 17.6 Å². The van der Waals surface area contributed by atoms with Crippen molar-refractivity contribution in [2.45, 2.75) is 12.6 Å². The molecule has 0 saturated heterocycles. The van der Waals surface area contributed by atoms with Gasteiger partial charge in [-0.3, -0.25) is 0 Å². The number of hydrogen-bond acceptors (Lipinski definition) is 0. The van der Waals surface area contributed by atoms with Crippen LogP contribution in [0.25, 0.3) is 5.57 Å². The van der Waals surface area contributed by atoms with Crippen LogP contribution in [0.2, 0.25) is 0 Å². The van der Waals surface area contributed by atoms with E-state index in [4.69, 9.17) is 0 Å². The molecule has 18 heavy (non-hydrogen) atoms. The molecule has 0 aromatic heterocycles. The Morgan fingerprint density at radius 1 is 1.17 bits per heavy atom. The largest absolute Gasteiger partial charge is 0.398 e. The molecule has 96 valence electrons. The summed E-state index contributed by atoms with van der Waals surface area (Å²) in [7, 11) is 0. The van der Waals surface area contributed by atoms with Crippen molar-refractivity contribution in [3.63, 3.8) is 0 Å². The van der Waals surface area contributed by atoms with Gasteiger partial charge < -0.3 is 0 Å². The maximum Gasteiger partial charge on any atom is 0.398 e. The first-order valence-electron chi connectivity index (χ1n) is 5.56. The van der Waals surface area contributed by atoms with Crippen LogP contribution in [-0.2, 0) is 0 Å². The van der Waals surface area contributed by atoms with Gasteiger partial charge in [0.1, 0.15) is 0 Å². The Bertz CT molecular complexity index is 474. The molecule has 1 aliphatic carbocycles. The lowest BCUT2D eigenvalue weighted by atomic mass is 9.80. The van der Waals surface area contributed by atoms with Crippen molar-refractivity contribution >= 4 is 21.5 Å². The van der Waals surface area contributed by atoms with Crippen molar-refractivity contribution in [2.75, 3.05) is 5.33 Å². The highest BCUT2D eigenvalue weighted by Gasteiger charge is 2.52. The Balaban J connectivity index is 2.26. The Morgan fingerprint density at radius 3 is 2.28 bits per heavy atom. The first-order chi connectivity index (χ1) is 8.48. The van der Waals surface area contributed by atoms with E-state index in [1.165, 1.54) is 6.08 Å². The predicted molar refractivity (Wildman–Crippen MR) is 70.5 cm³/mol. The molecule has 0 nitrogen and oxygen atoms in total. The minimum Gasteiger partial charge on any atom is -0.170 e. The Labute approximate surface area is 112 Å². The summed E-state index contributed by atoms with van der Waals surface area (Å²) in [5, 5.41) is -0.113. The Morgan fingerprint density at radius 2 is 1.83 bits per heavy atom. The molecule has 2 rings (SSSR count). The van der Waals surface area contributed by atoms with Gasteiger partial charge in [0.2, 0.25) is 0 Å². The van der Waals surface area contributed by atoms with E-state index in [2.05, 4.69) is 15.9 Å². The summed E-state index contributed by atoms with van der Waals surface area (Å²) in [6, 6.07) is 9.42. The molecule has 4 heteroatoms. The Kier molecular flexibility index (Phi) is 3.66. The molecule has 1 aromatic carbocycles. The van der Waals surface area contributed by atoms with Crippen LogP contribution in [0.15, 0.2) is 48.6 Å². The molecule has 0 aliphatic heterocycles. The molecule has 0 spiro atoms. The summed E-state index contributed by atoms with van der Waals surface area (Å²) in [4.78, 5) is 0. The van der Waals surface area contributed by atoms with Gasteiger partial charge in [0.05, 0.1) is 5.41 Å². The molecule has 0 heterocycles. The third-order valence-electron chi connectivity index (χ3n) is 3.18. The van der Waals surface area contributed by atoms with Gasteiger partial charge in [-0.1, -0.05) is 64.5 Å². The minimum atomic E-state index is -4.23. The summed E-state index contributed by atoms with van der Waals surface area (Å²) in [6.45, 7) is 0. The minimum absolute atomic E-state index is 0.0253. The van der Waals surface area contributed by atoms with Gasteiger partial charge >= 0.3 is 6.18 Å². The topological polar surface area (TPSA) is 0 Å². The molecular formula is C14H12BrF3. The highest BCUT2D eigenvalue weighted by atomic mass is 79.9. The van der Waals surface area contributed by atoms with Gasteiger partial charge in [0.25, 0.3) is 0 Å². The van der Waals surface area contributed by atoms with E-state index in [0.717, 1.165) is 11.1 Å². The third-order valence-corrected chi connectivity index (χ3v) is 4.18. The van der Waals surface area contributed by atoms with Crippen molar-refractivity contribution in [2.24, 2.45) is 5.41 Å². The van der Waals surface area contributed by atoms with Crippen molar-refractivity contribution < 1.29 is 13.2 Å². The fourth-order valence-corrected chi connectivity index (χ4v) is 2.64. The number of hydrogen-bond donors (Lipinski definition) is 0. The van der Waals surface area contributed by atoms with Crippen LogP contribution in [-0.4, -0.2) is 11.5 Å². The van der Waals surface area contributed by atoms with Crippen molar-refractivity contribution in [3.8, 4) is 0 Å². The zero-order chi connectivity index (χ0) is 13.2. The highest BCUT2D eigenvalue weighted by molar-refractivity contribution is 9.09. The number of benzene rings is 1. The molecular weight excluding hydrogens is 305 g/mol. The number of alkyl halides is 4. The number of rotatable bonds is 2. The molecule has 0 amide bonds. The van der Waals surface area contributed by atoms with Crippen LogP contribution in [0.3, 0.4) is 0 Å². The second-order valence-corrected chi connectivity index (χ2v) is 4.91. The summed E-state index contributed by atoms with van der Waals surface area (Å²) in [5.74, 6) is 0. The first-order valence-corrected chi connectivity index (χ1v) is 6.68. The van der Waals surface area contributed by atoms with E-state index in [1.54, 1.807) is 12.2 Å². The van der Waals surface area contributed by atoms with Crippen molar-refractivity contribution in [1.29, 1.82) is 0 Å². The fourth-order valence-electron chi connectivity index (χ4n) is 1.91. The van der Waals surface area contributed by atoms with Gasteiger partial charge in [-0.15, -0.1) is 0 Å². The zero-order valence-corrected chi connectivity index (χ0v) is 11.1. The molecule has 0 bridgehead atoms. The summed E-state index contributed by atoms with van der Waals surface area (Å²) in [5.41, 5.74) is 0.0150. The second kappa shape index (κ2) is 4.92. The van der Waals surface area contributed by atoms with Crippen LogP contribution in [0.1, 0.15) is 12.0 Å². The quantitative estimate of drug-likeness (QED) is 0.675. The van der Waals surface area contributed by atoms with E-state index < -0.39 is 11.6 Å². The van der Waals surface area contributed by atoms with Crippen molar-refractivity contribution in [1.82, 2.24) is 0 Å². The summed E-state index contributed by atoms with van der Waals surface area (Å²) < 4.78 is 39.0. The average molecular weight is 317 g/mol. The average Bonchev–Trinajstić information content (AvgIpc) is 2.38. The third kappa shape index (κ3) is 2.39. The molecule has 1 atom stereocenters. The van der Waals surface area contributed by atoms with E-state index in [0.29, 0.717) is 0 Å². The highest BCUT2D eigenvalue weighted by Crippen LogP contribution is 2.47.